The lowest BCUT2D eigenvalue weighted by molar-refractivity contribution is 1.23. The molecule has 0 saturated carbocycles. The molecule has 108 valence electrons. The molecule has 0 amide bonds. The average molecular weight is 321 g/mol. The van der Waals surface area contributed by atoms with Crippen molar-refractivity contribution in [1.29, 1.82) is 0 Å². The quantitative estimate of drug-likeness (QED) is 0.582. The van der Waals surface area contributed by atoms with Gasteiger partial charge in [-0.05, 0) is 11.1 Å². The maximum Gasteiger partial charge on any atom is 0.308 e. The predicted molar refractivity (Wildman–Crippen MR) is 100 cm³/mol. The largest absolute Gasteiger partial charge is 0.308 e. The Hall–Kier alpha value is -0.251. The van der Waals surface area contributed by atoms with Crippen LogP contribution in [0.5, 0.6) is 0 Å². The molecule has 0 saturated heterocycles. The maximum absolute atomic E-state index is 6.92. The van der Waals surface area contributed by atoms with Crippen LogP contribution < -0.4 is 0 Å². The van der Waals surface area contributed by atoms with Crippen molar-refractivity contribution in [3.8, 4) is 0 Å². The summed E-state index contributed by atoms with van der Waals surface area (Å²) in [5.74, 6) is 0. The van der Waals surface area contributed by atoms with E-state index in [0.717, 1.165) is 0 Å². The molecule has 0 aromatic heterocycles. The second-order valence-corrected chi connectivity index (χ2v) is 19.3. The zero-order valence-electron chi connectivity index (χ0n) is 13.6. The highest BCUT2D eigenvalue weighted by atomic mass is 35.5. The van der Waals surface area contributed by atoms with Crippen molar-refractivity contribution < 1.29 is 0 Å². The van der Waals surface area contributed by atoms with Crippen molar-refractivity contribution in [2.24, 2.45) is 0 Å². The van der Waals surface area contributed by atoms with Crippen LogP contribution in [0.15, 0.2) is 47.4 Å². The summed E-state index contributed by atoms with van der Waals surface area (Å²) >= 11 is 6.92. The molecule has 0 fully saturated rings. The van der Waals surface area contributed by atoms with E-state index in [0.29, 0.717) is 11.1 Å². The van der Waals surface area contributed by atoms with E-state index in [1.165, 1.54) is 10.9 Å². The molecule has 0 aromatic rings. The predicted octanol–water partition coefficient (Wildman–Crippen LogP) is 5.70. The third-order valence-corrected chi connectivity index (χ3v) is 9.64. The maximum atomic E-state index is 6.92. The summed E-state index contributed by atoms with van der Waals surface area (Å²) in [6.07, 6.45) is 13.8. The van der Waals surface area contributed by atoms with E-state index in [2.05, 4.69) is 75.7 Å². The summed E-state index contributed by atoms with van der Waals surface area (Å²) in [5, 5.41) is 0. The Kier molecular flexibility index (Phi) is 4.44. The van der Waals surface area contributed by atoms with Crippen LogP contribution in [0, 0.1) is 0 Å². The van der Waals surface area contributed by atoms with E-state index in [1.807, 2.05) is 0 Å². The molecule has 2 aliphatic rings. The molecule has 2 atom stereocenters. The molecular weight excluding hydrogens is 295 g/mol. The number of rotatable bonds is 4. The molecule has 0 nitrogen and oxygen atoms in total. The highest BCUT2D eigenvalue weighted by Gasteiger charge is 2.40. The number of halogens is 1. The zero-order valence-corrected chi connectivity index (χ0v) is 16.3. The minimum atomic E-state index is -1.24. The van der Waals surface area contributed by atoms with Crippen LogP contribution >= 0.6 is 11.5 Å². The van der Waals surface area contributed by atoms with Crippen LogP contribution in [0.3, 0.4) is 0 Å². The molecule has 20 heavy (non-hydrogen) atoms. The average Bonchev–Trinajstić information content (AvgIpc) is 2.95. The molecule has 0 aromatic carbocycles. The van der Waals surface area contributed by atoms with Gasteiger partial charge < -0.3 is 0 Å². The van der Waals surface area contributed by atoms with Crippen molar-refractivity contribution in [3.63, 3.8) is 0 Å². The summed E-state index contributed by atoms with van der Waals surface area (Å²) in [4.78, 5) is 0. The first-order chi connectivity index (χ1) is 9.12. The third-order valence-electron chi connectivity index (χ3n) is 4.35. The Morgan fingerprint density at radius 2 is 1.15 bits per heavy atom. The minimum absolute atomic E-state index is 0.0773. The van der Waals surface area contributed by atoms with Gasteiger partial charge in [0.15, 0.2) is 0 Å². The van der Waals surface area contributed by atoms with Gasteiger partial charge in [-0.2, -0.15) is 11.5 Å². The van der Waals surface area contributed by atoms with Crippen molar-refractivity contribution in [3.05, 3.63) is 47.4 Å². The number of allylic oxidation sites excluding steroid dienone is 8. The first-order valence-corrected chi connectivity index (χ1v) is 15.1. The van der Waals surface area contributed by atoms with Crippen LogP contribution in [-0.2, 0) is 0 Å². The Labute approximate surface area is 131 Å². The fraction of sp³-hybridized carbons (Fsp3) is 0.500. The van der Waals surface area contributed by atoms with Gasteiger partial charge in [0.05, 0.1) is 16.1 Å². The second kappa shape index (κ2) is 5.51. The van der Waals surface area contributed by atoms with Crippen LogP contribution in [0.25, 0.3) is 0 Å². The first-order valence-electron chi connectivity index (χ1n) is 7.53. The molecule has 4 heteroatoms. The molecule has 2 aliphatic carbocycles. The Bertz CT molecular complexity index is 458. The Morgan fingerprint density at radius 3 is 1.45 bits per heavy atom. The van der Waals surface area contributed by atoms with Gasteiger partial charge in [0, 0.05) is 0 Å². The molecule has 0 spiro atoms. The van der Waals surface area contributed by atoms with Crippen molar-refractivity contribution in [1.82, 2.24) is 0 Å². The fourth-order valence-electron chi connectivity index (χ4n) is 3.24. The standard InChI is InChI=1S/C16H26BClSi2/c1-19(2,3)15-11-7-9-13(15)17(18)14-10-8-12-16(14)20(4,5)6/h7-12,15-16H,1-6H3. The highest BCUT2D eigenvalue weighted by Crippen LogP contribution is 2.44. The second-order valence-electron chi connectivity index (χ2n) is 8.15. The van der Waals surface area contributed by atoms with Crippen LogP contribution in [-0.4, -0.2) is 22.3 Å². The SMILES string of the molecule is C[Si](C)(C)C1C=CC=C1B(Cl)C1=CC=CC1[Si](C)(C)C. The zero-order chi connectivity index (χ0) is 15.1. The van der Waals surface area contributed by atoms with Gasteiger partial charge >= 0.3 is 6.13 Å². The smallest absolute Gasteiger partial charge is 0.183 e. The molecule has 0 heterocycles. The monoisotopic (exact) mass is 320 g/mol. The summed E-state index contributed by atoms with van der Waals surface area (Å²) in [6.45, 7) is 14.6. The van der Waals surface area contributed by atoms with E-state index >= 15 is 0 Å². The third kappa shape index (κ3) is 3.15. The Morgan fingerprint density at radius 1 is 0.800 bits per heavy atom. The van der Waals surface area contributed by atoms with Gasteiger partial charge in [-0.25, -0.2) is 0 Å². The summed E-state index contributed by atoms with van der Waals surface area (Å²) in [5.41, 5.74) is 4.05. The van der Waals surface area contributed by atoms with Gasteiger partial charge in [0.1, 0.15) is 0 Å². The van der Waals surface area contributed by atoms with E-state index in [4.69, 9.17) is 11.5 Å². The number of hydrogen-bond donors (Lipinski definition) is 0. The molecule has 0 aliphatic heterocycles. The van der Waals surface area contributed by atoms with Gasteiger partial charge in [-0.1, -0.05) is 86.7 Å². The van der Waals surface area contributed by atoms with E-state index in [1.54, 1.807) is 0 Å². The van der Waals surface area contributed by atoms with Crippen LogP contribution in [0.1, 0.15) is 0 Å². The lowest BCUT2D eigenvalue weighted by Crippen LogP contribution is -2.35. The molecule has 0 radical (unpaired) electrons. The normalized spacial score (nSPS) is 25.9. The minimum Gasteiger partial charge on any atom is -0.183 e. The lowest BCUT2D eigenvalue weighted by Gasteiger charge is -2.32. The molecular formula is C16H26BClSi2. The van der Waals surface area contributed by atoms with Gasteiger partial charge in [-0.3, -0.25) is 0 Å². The number of hydrogen-bond acceptors (Lipinski definition) is 0. The fourth-order valence-corrected chi connectivity index (χ4v) is 7.77. The first kappa shape index (κ1) is 16.1. The van der Waals surface area contributed by atoms with E-state index in [-0.39, 0.29) is 6.13 Å². The van der Waals surface area contributed by atoms with Gasteiger partial charge in [-0.15, -0.1) is 0 Å². The van der Waals surface area contributed by atoms with Gasteiger partial charge in [0.25, 0.3) is 0 Å². The lowest BCUT2D eigenvalue weighted by atomic mass is 9.59. The van der Waals surface area contributed by atoms with Gasteiger partial charge in [0.2, 0.25) is 0 Å². The molecule has 0 bridgehead atoms. The summed E-state index contributed by atoms with van der Waals surface area (Å²) in [6, 6.07) is 0. The highest BCUT2D eigenvalue weighted by molar-refractivity contribution is 7.16. The van der Waals surface area contributed by atoms with E-state index in [9.17, 15) is 0 Å². The topological polar surface area (TPSA) is 0 Å². The van der Waals surface area contributed by atoms with Crippen molar-refractivity contribution in [2.45, 2.75) is 50.4 Å². The summed E-state index contributed by atoms with van der Waals surface area (Å²) < 4.78 is 0. The Balaban J connectivity index is 2.23. The molecule has 0 N–H and O–H groups in total. The molecule has 2 unspecified atom stereocenters. The van der Waals surface area contributed by atoms with Crippen molar-refractivity contribution in [2.75, 3.05) is 0 Å². The van der Waals surface area contributed by atoms with E-state index < -0.39 is 16.1 Å². The summed E-state index contributed by atoms with van der Waals surface area (Å²) in [7, 11) is -2.49. The molecule has 2 rings (SSSR count). The van der Waals surface area contributed by atoms with Crippen molar-refractivity contribution >= 4 is 33.7 Å². The van der Waals surface area contributed by atoms with Crippen LogP contribution in [0.2, 0.25) is 50.4 Å². The van der Waals surface area contributed by atoms with Crippen LogP contribution in [0.4, 0.5) is 0 Å².